The number of nitrogens with zero attached hydrogens (tertiary/aromatic N) is 2. The SMILES string of the molecule is O=C(NCc1ccc(Cl)cc1Cl)c1cc(N2CCOCC2)ccn1. The number of nitrogens with one attached hydrogen (secondary N) is 1. The summed E-state index contributed by atoms with van der Waals surface area (Å²) >= 11 is 12.0. The zero-order valence-corrected chi connectivity index (χ0v) is 14.5. The molecule has 0 aliphatic carbocycles. The minimum absolute atomic E-state index is 0.240. The number of hydrogen-bond acceptors (Lipinski definition) is 4. The van der Waals surface area contributed by atoms with Gasteiger partial charge in [0.2, 0.25) is 0 Å². The van der Waals surface area contributed by atoms with Crippen molar-refractivity contribution in [3.8, 4) is 0 Å². The molecule has 1 N–H and O–H groups in total. The summed E-state index contributed by atoms with van der Waals surface area (Å²) in [6.45, 7) is 3.33. The smallest absolute Gasteiger partial charge is 0.270 e. The summed E-state index contributed by atoms with van der Waals surface area (Å²) in [7, 11) is 0. The van der Waals surface area contributed by atoms with E-state index in [0.29, 0.717) is 35.5 Å². The van der Waals surface area contributed by atoms with Crippen molar-refractivity contribution in [1.82, 2.24) is 10.3 Å². The van der Waals surface area contributed by atoms with E-state index in [4.69, 9.17) is 27.9 Å². The van der Waals surface area contributed by atoms with Crippen molar-refractivity contribution in [3.05, 3.63) is 57.8 Å². The number of aromatic nitrogens is 1. The summed E-state index contributed by atoms with van der Waals surface area (Å²) in [4.78, 5) is 18.7. The van der Waals surface area contributed by atoms with Gasteiger partial charge in [-0.15, -0.1) is 0 Å². The Hall–Kier alpha value is -1.82. The van der Waals surface area contributed by atoms with Crippen molar-refractivity contribution >= 4 is 34.8 Å². The highest BCUT2D eigenvalue weighted by Crippen LogP contribution is 2.21. The number of carbonyl (C=O) groups excluding carboxylic acids is 1. The van der Waals surface area contributed by atoms with Crippen LogP contribution < -0.4 is 10.2 Å². The number of anilines is 1. The van der Waals surface area contributed by atoms with Crippen LogP contribution in [0.4, 0.5) is 5.69 Å². The van der Waals surface area contributed by atoms with E-state index in [1.807, 2.05) is 6.07 Å². The van der Waals surface area contributed by atoms with E-state index >= 15 is 0 Å². The van der Waals surface area contributed by atoms with Crippen molar-refractivity contribution in [2.75, 3.05) is 31.2 Å². The maximum absolute atomic E-state index is 12.3. The van der Waals surface area contributed by atoms with Crippen LogP contribution in [-0.2, 0) is 11.3 Å². The van der Waals surface area contributed by atoms with Crippen LogP contribution in [0.25, 0.3) is 0 Å². The molecule has 0 unspecified atom stereocenters. The second kappa shape index (κ2) is 7.83. The molecule has 1 aliphatic rings. The monoisotopic (exact) mass is 365 g/mol. The zero-order chi connectivity index (χ0) is 16.9. The lowest BCUT2D eigenvalue weighted by atomic mass is 10.2. The normalized spacial score (nSPS) is 14.5. The average Bonchev–Trinajstić information content (AvgIpc) is 2.61. The van der Waals surface area contributed by atoms with Crippen LogP contribution in [-0.4, -0.2) is 37.2 Å². The van der Waals surface area contributed by atoms with Crippen molar-refractivity contribution in [2.24, 2.45) is 0 Å². The quantitative estimate of drug-likeness (QED) is 0.903. The number of halogens is 2. The topological polar surface area (TPSA) is 54.5 Å². The van der Waals surface area contributed by atoms with Crippen LogP contribution in [0, 0.1) is 0 Å². The fourth-order valence-electron chi connectivity index (χ4n) is 2.49. The lowest BCUT2D eigenvalue weighted by molar-refractivity contribution is 0.0946. The Balaban J connectivity index is 1.66. The van der Waals surface area contributed by atoms with E-state index in [-0.39, 0.29) is 5.91 Å². The van der Waals surface area contributed by atoms with Gasteiger partial charge in [-0.3, -0.25) is 9.78 Å². The Bertz CT molecular complexity index is 734. The van der Waals surface area contributed by atoms with E-state index in [2.05, 4.69) is 15.2 Å². The molecule has 2 heterocycles. The third kappa shape index (κ3) is 4.17. The predicted molar refractivity (Wildman–Crippen MR) is 94.9 cm³/mol. The van der Waals surface area contributed by atoms with E-state index in [0.717, 1.165) is 24.3 Å². The van der Waals surface area contributed by atoms with E-state index in [1.54, 1.807) is 30.5 Å². The van der Waals surface area contributed by atoms with Crippen LogP contribution in [0.2, 0.25) is 10.0 Å². The van der Waals surface area contributed by atoms with E-state index < -0.39 is 0 Å². The van der Waals surface area contributed by atoms with Crippen LogP contribution in [0.15, 0.2) is 36.5 Å². The number of pyridine rings is 1. The summed E-state index contributed by atoms with van der Waals surface area (Å²) in [6, 6.07) is 8.89. The molecule has 126 valence electrons. The Morgan fingerprint density at radius 1 is 1.21 bits per heavy atom. The van der Waals surface area contributed by atoms with Gasteiger partial charge >= 0.3 is 0 Å². The van der Waals surface area contributed by atoms with Gasteiger partial charge in [0.05, 0.1) is 13.2 Å². The molecule has 24 heavy (non-hydrogen) atoms. The lowest BCUT2D eigenvalue weighted by Gasteiger charge is -2.28. The minimum Gasteiger partial charge on any atom is -0.378 e. The molecule has 0 radical (unpaired) electrons. The second-order valence-corrected chi connectivity index (χ2v) is 6.26. The molecule has 0 spiro atoms. The summed E-state index contributed by atoms with van der Waals surface area (Å²) in [5.41, 5.74) is 2.16. The van der Waals surface area contributed by atoms with Crippen molar-refractivity contribution in [1.29, 1.82) is 0 Å². The van der Waals surface area contributed by atoms with Gasteiger partial charge in [-0.1, -0.05) is 29.3 Å². The standard InChI is InChI=1S/C17H17Cl2N3O2/c18-13-2-1-12(15(19)9-13)11-21-17(23)16-10-14(3-4-20-16)22-5-7-24-8-6-22/h1-4,9-10H,5-8,11H2,(H,21,23). The zero-order valence-electron chi connectivity index (χ0n) is 13.0. The molecule has 1 amide bonds. The van der Waals surface area contributed by atoms with Crippen molar-refractivity contribution < 1.29 is 9.53 Å². The highest BCUT2D eigenvalue weighted by molar-refractivity contribution is 6.35. The van der Waals surface area contributed by atoms with Gasteiger partial charge in [-0.05, 0) is 29.8 Å². The molecule has 5 nitrogen and oxygen atoms in total. The van der Waals surface area contributed by atoms with Crippen LogP contribution >= 0.6 is 23.2 Å². The first-order valence-electron chi connectivity index (χ1n) is 7.64. The fraction of sp³-hybridized carbons (Fsp3) is 0.294. The van der Waals surface area contributed by atoms with Crippen LogP contribution in [0.3, 0.4) is 0 Å². The Labute approximate surface area is 150 Å². The number of ether oxygens (including phenoxy) is 1. The molecule has 0 bridgehead atoms. The Morgan fingerprint density at radius 2 is 2.00 bits per heavy atom. The Kier molecular flexibility index (Phi) is 5.56. The molecular formula is C17H17Cl2N3O2. The molecule has 1 saturated heterocycles. The first-order chi connectivity index (χ1) is 11.6. The second-order valence-electron chi connectivity index (χ2n) is 5.42. The van der Waals surface area contributed by atoms with Gasteiger partial charge in [0.25, 0.3) is 5.91 Å². The molecule has 1 aromatic carbocycles. The molecule has 1 fully saturated rings. The minimum atomic E-state index is -0.240. The van der Waals surface area contributed by atoms with Crippen LogP contribution in [0.1, 0.15) is 16.1 Å². The highest BCUT2D eigenvalue weighted by atomic mass is 35.5. The number of carbonyl (C=O) groups is 1. The van der Waals surface area contributed by atoms with Gasteiger partial charge < -0.3 is 15.0 Å². The fourth-order valence-corrected chi connectivity index (χ4v) is 2.97. The largest absolute Gasteiger partial charge is 0.378 e. The summed E-state index contributed by atoms with van der Waals surface area (Å²) in [5.74, 6) is -0.240. The molecule has 3 rings (SSSR count). The lowest BCUT2D eigenvalue weighted by Crippen LogP contribution is -2.36. The van der Waals surface area contributed by atoms with Gasteiger partial charge in [0.1, 0.15) is 5.69 Å². The third-order valence-electron chi connectivity index (χ3n) is 3.81. The highest BCUT2D eigenvalue weighted by Gasteiger charge is 2.14. The number of hydrogen-bond donors (Lipinski definition) is 1. The third-order valence-corrected chi connectivity index (χ3v) is 4.39. The first-order valence-corrected chi connectivity index (χ1v) is 8.40. The maximum Gasteiger partial charge on any atom is 0.270 e. The number of benzene rings is 1. The molecular weight excluding hydrogens is 349 g/mol. The van der Waals surface area contributed by atoms with E-state index in [9.17, 15) is 4.79 Å². The van der Waals surface area contributed by atoms with Gasteiger partial charge in [0, 0.05) is 41.6 Å². The first kappa shape index (κ1) is 17.0. The van der Waals surface area contributed by atoms with Crippen molar-refractivity contribution in [3.63, 3.8) is 0 Å². The Morgan fingerprint density at radius 3 is 2.75 bits per heavy atom. The molecule has 1 aromatic heterocycles. The van der Waals surface area contributed by atoms with Gasteiger partial charge in [-0.2, -0.15) is 0 Å². The van der Waals surface area contributed by atoms with E-state index in [1.165, 1.54) is 0 Å². The summed E-state index contributed by atoms with van der Waals surface area (Å²) in [5, 5.41) is 3.92. The average molecular weight is 366 g/mol. The van der Waals surface area contributed by atoms with Crippen LogP contribution in [0.5, 0.6) is 0 Å². The predicted octanol–water partition coefficient (Wildman–Crippen LogP) is 3.16. The van der Waals surface area contributed by atoms with Gasteiger partial charge in [0.15, 0.2) is 0 Å². The van der Waals surface area contributed by atoms with Crippen molar-refractivity contribution in [2.45, 2.75) is 6.54 Å². The number of amides is 1. The molecule has 0 saturated carbocycles. The molecule has 7 heteroatoms. The summed E-state index contributed by atoms with van der Waals surface area (Å²) < 4.78 is 5.35. The van der Waals surface area contributed by atoms with Gasteiger partial charge in [-0.25, -0.2) is 0 Å². The number of morpholine rings is 1. The summed E-state index contributed by atoms with van der Waals surface area (Å²) in [6.07, 6.45) is 1.65. The maximum atomic E-state index is 12.3. The molecule has 0 atom stereocenters. The molecule has 2 aromatic rings. The molecule has 1 aliphatic heterocycles. The number of rotatable bonds is 4.